The normalized spacial score (nSPS) is 23.5. The van der Waals surface area contributed by atoms with Crippen LogP contribution in [0.2, 0.25) is 0 Å². The van der Waals surface area contributed by atoms with Gasteiger partial charge in [-0.2, -0.15) is 0 Å². The van der Waals surface area contributed by atoms with Crippen LogP contribution in [-0.2, 0) is 16.1 Å². The molecule has 0 aliphatic carbocycles. The second-order valence-corrected chi connectivity index (χ2v) is 6.31. The second-order valence-electron chi connectivity index (χ2n) is 6.31. The number of carbonyl (C=O) groups excluding carboxylic acids is 2. The molecule has 2 heterocycles. The van der Waals surface area contributed by atoms with Gasteiger partial charge in [-0.25, -0.2) is 4.79 Å². The topological polar surface area (TPSA) is 49.9 Å². The Morgan fingerprint density at radius 2 is 2.13 bits per heavy atom. The van der Waals surface area contributed by atoms with Crippen molar-refractivity contribution in [3.63, 3.8) is 0 Å². The second kappa shape index (κ2) is 7.02. The number of fused-ring (bicyclic) bond motifs is 1. The van der Waals surface area contributed by atoms with Crippen molar-refractivity contribution in [3.05, 3.63) is 35.9 Å². The van der Waals surface area contributed by atoms with Crippen LogP contribution < -0.4 is 0 Å². The van der Waals surface area contributed by atoms with Gasteiger partial charge in [0.15, 0.2) is 0 Å². The van der Waals surface area contributed by atoms with Gasteiger partial charge in [-0.15, -0.1) is 0 Å². The van der Waals surface area contributed by atoms with Gasteiger partial charge in [0.2, 0.25) is 5.91 Å². The summed E-state index contributed by atoms with van der Waals surface area (Å²) in [7, 11) is 0. The molecule has 5 nitrogen and oxygen atoms in total. The number of ether oxygens (including phenoxy) is 1. The van der Waals surface area contributed by atoms with E-state index in [4.69, 9.17) is 4.74 Å². The number of likely N-dealkylation sites (N-methyl/N-ethyl adjacent to an activating group) is 1. The zero-order valence-electron chi connectivity index (χ0n) is 13.6. The van der Waals surface area contributed by atoms with Crippen molar-refractivity contribution < 1.29 is 14.3 Å². The number of hydrogen-bond acceptors (Lipinski definition) is 3. The Labute approximate surface area is 137 Å². The highest BCUT2D eigenvalue weighted by Gasteiger charge is 2.40. The van der Waals surface area contributed by atoms with Gasteiger partial charge in [-0.05, 0) is 31.7 Å². The highest BCUT2D eigenvalue weighted by atomic mass is 16.6. The first-order valence-corrected chi connectivity index (χ1v) is 8.46. The standard InChI is InChI=1S/C18H24N2O3/c1-2-19(18(22)23-13-14-7-4-3-5-8-14)16-11-15-9-6-10-17(21)20(15)12-16/h3-5,7-8,15-16H,2,6,9-13H2,1H3/t15-,16+/m1/s1. The molecule has 2 amide bonds. The third-order valence-corrected chi connectivity index (χ3v) is 4.86. The largest absolute Gasteiger partial charge is 0.445 e. The minimum atomic E-state index is -0.284. The lowest BCUT2D eigenvalue weighted by molar-refractivity contribution is -0.134. The molecule has 0 radical (unpaired) electrons. The van der Waals surface area contributed by atoms with E-state index in [0.29, 0.717) is 25.6 Å². The zero-order chi connectivity index (χ0) is 16.2. The Morgan fingerprint density at radius 1 is 1.35 bits per heavy atom. The predicted molar refractivity (Wildman–Crippen MR) is 86.8 cm³/mol. The average Bonchev–Trinajstić information content (AvgIpc) is 3.00. The molecule has 0 unspecified atom stereocenters. The minimum Gasteiger partial charge on any atom is -0.445 e. The molecule has 1 aromatic carbocycles. The smallest absolute Gasteiger partial charge is 0.410 e. The van der Waals surface area contributed by atoms with Gasteiger partial charge in [0, 0.05) is 25.6 Å². The van der Waals surface area contributed by atoms with E-state index < -0.39 is 0 Å². The Hall–Kier alpha value is -2.04. The van der Waals surface area contributed by atoms with Crippen molar-refractivity contribution in [2.24, 2.45) is 0 Å². The van der Waals surface area contributed by atoms with E-state index in [0.717, 1.165) is 24.8 Å². The van der Waals surface area contributed by atoms with Crippen molar-refractivity contribution in [2.75, 3.05) is 13.1 Å². The molecule has 0 saturated carbocycles. The molecule has 2 fully saturated rings. The van der Waals surface area contributed by atoms with Gasteiger partial charge in [0.25, 0.3) is 0 Å². The van der Waals surface area contributed by atoms with Gasteiger partial charge in [-0.3, -0.25) is 4.79 Å². The van der Waals surface area contributed by atoms with Crippen LogP contribution in [0.15, 0.2) is 30.3 Å². The first-order valence-electron chi connectivity index (χ1n) is 8.46. The number of nitrogens with zero attached hydrogens (tertiary/aromatic N) is 2. The Morgan fingerprint density at radius 3 is 2.83 bits per heavy atom. The molecule has 0 N–H and O–H groups in total. The molecule has 124 valence electrons. The van der Waals surface area contributed by atoms with Crippen molar-refractivity contribution in [1.29, 1.82) is 0 Å². The molecular weight excluding hydrogens is 292 g/mol. The van der Waals surface area contributed by atoms with Crippen LogP contribution in [0, 0.1) is 0 Å². The molecule has 3 rings (SSSR count). The maximum Gasteiger partial charge on any atom is 0.410 e. The summed E-state index contributed by atoms with van der Waals surface area (Å²) in [5, 5.41) is 0. The number of piperidine rings is 1. The molecule has 5 heteroatoms. The molecule has 0 aromatic heterocycles. The summed E-state index contributed by atoms with van der Waals surface area (Å²) in [5.74, 6) is 0.234. The molecule has 2 aliphatic heterocycles. The van der Waals surface area contributed by atoms with Crippen molar-refractivity contribution >= 4 is 12.0 Å². The lowest BCUT2D eigenvalue weighted by Crippen LogP contribution is -2.43. The molecule has 0 bridgehead atoms. The maximum atomic E-state index is 12.4. The summed E-state index contributed by atoms with van der Waals surface area (Å²) in [6.45, 7) is 3.50. The molecule has 0 spiro atoms. The van der Waals surface area contributed by atoms with Crippen molar-refractivity contribution in [1.82, 2.24) is 9.80 Å². The number of hydrogen-bond donors (Lipinski definition) is 0. The summed E-state index contributed by atoms with van der Waals surface area (Å²) in [6, 6.07) is 10.1. The third kappa shape index (κ3) is 3.49. The zero-order valence-corrected chi connectivity index (χ0v) is 13.6. The lowest BCUT2D eigenvalue weighted by atomic mass is 10.0. The van der Waals surface area contributed by atoms with E-state index in [1.165, 1.54) is 0 Å². The number of benzene rings is 1. The van der Waals surface area contributed by atoms with E-state index >= 15 is 0 Å². The quantitative estimate of drug-likeness (QED) is 0.858. The van der Waals surface area contributed by atoms with E-state index in [1.54, 1.807) is 4.90 Å². The first kappa shape index (κ1) is 15.8. The van der Waals surface area contributed by atoms with Crippen molar-refractivity contribution in [2.45, 2.75) is 51.3 Å². The molecule has 2 saturated heterocycles. The first-order chi connectivity index (χ1) is 11.2. The number of rotatable bonds is 4. The summed E-state index contributed by atoms with van der Waals surface area (Å²) >= 11 is 0. The maximum absolute atomic E-state index is 12.4. The fraction of sp³-hybridized carbons (Fsp3) is 0.556. The van der Waals surface area contributed by atoms with Crippen LogP contribution in [0.5, 0.6) is 0 Å². The van der Waals surface area contributed by atoms with E-state index in [1.807, 2.05) is 42.2 Å². The average molecular weight is 316 g/mol. The summed E-state index contributed by atoms with van der Waals surface area (Å²) in [4.78, 5) is 28.2. The lowest BCUT2D eigenvalue weighted by Gasteiger charge is -2.29. The summed E-state index contributed by atoms with van der Waals surface area (Å²) in [6.07, 6.45) is 3.26. The monoisotopic (exact) mass is 316 g/mol. The Bertz CT molecular complexity index is 561. The summed E-state index contributed by atoms with van der Waals surface area (Å²) in [5.41, 5.74) is 0.982. The van der Waals surface area contributed by atoms with Crippen LogP contribution in [-0.4, -0.2) is 47.0 Å². The molecule has 23 heavy (non-hydrogen) atoms. The highest BCUT2D eigenvalue weighted by Crippen LogP contribution is 2.30. The summed E-state index contributed by atoms with van der Waals surface area (Å²) < 4.78 is 5.46. The molecule has 2 atom stereocenters. The fourth-order valence-electron chi connectivity index (χ4n) is 3.67. The highest BCUT2D eigenvalue weighted by molar-refractivity contribution is 5.78. The van der Waals surface area contributed by atoms with Crippen LogP contribution in [0.25, 0.3) is 0 Å². The fourth-order valence-corrected chi connectivity index (χ4v) is 3.67. The van der Waals surface area contributed by atoms with Gasteiger partial charge in [0.05, 0.1) is 6.04 Å². The van der Waals surface area contributed by atoms with Gasteiger partial charge >= 0.3 is 6.09 Å². The van der Waals surface area contributed by atoms with E-state index in [-0.39, 0.29) is 24.6 Å². The van der Waals surface area contributed by atoms with Crippen molar-refractivity contribution in [3.8, 4) is 0 Å². The minimum absolute atomic E-state index is 0.0790. The van der Waals surface area contributed by atoms with E-state index in [9.17, 15) is 9.59 Å². The third-order valence-electron chi connectivity index (χ3n) is 4.86. The van der Waals surface area contributed by atoms with Crippen LogP contribution in [0.4, 0.5) is 4.79 Å². The predicted octanol–water partition coefficient (Wildman–Crippen LogP) is 2.80. The number of amides is 2. The van der Waals surface area contributed by atoms with Crippen LogP contribution in [0.3, 0.4) is 0 Å². The van der Waals surface area contributed by atoms with Gasteiger partial charge < -0.3 is 14.5 Å². The molecule has 1 aromatic rings. The van der Waals surface area contributed by atoms with E-state index in [2.05, 4.69) is 0 Å². The van der Waals surface area contributed by atoms with Gasteiger partial charge in [-0.1, -0.05) is 30.3 Å². The molecule has 2 aliphatic rings. The Kier molecular flexibility index (Phi) is 4.84. The Balaban J connectivity index is 1.59. The SMILES string of the molecule is CCN(C(=O)OCc1ccccc1)[C@H]1C[C@H]2CCCC(=O)N2C1. The van der Waals surface area contributed by atoms with Crippen LogP contribution >= 0.6 is 0 Å². The number of carbonyl (C=O) groups is 2. The van der Waals surface area contributed by atoms with Gasteiger partial charge in [0.1, 0.15) is 6.61 Å². The molecular formula is C18H24N2O3. The van der Waals surface area contributed by atoms with Crippen LogP contribution in [0.1, 0.15) is 38.2 Å².